The summed E-state index contributed by atoms with van der Waals surface area (Å²) in [5.74, 6) is 2.01. The van der Waals surface area contributed by atoms with Crippen molar-refractivity contribution in [2.24, 2.45) is 4.99 Å². The Bertz CT molecular complexity index is 729. The molecule has 0 saturated heterocycles. The summed E-state index contributed by atoms with van der Waals surface area (Å²) in [4.78, 5) is 4.24. The molecule has 0 aliphatic heterocycles. The first-order valence-electron chi connectivity index (χ1n) is 8.40. The second kappa shape index (κ2) is 8.97. The highest BCUT2D eigenvalue weighted by Crippen LogP contribution is 2.22. The molecule has 0 radical (unpaired) electrons. The van der Waals surface area contributed by atoms with Gasteiger partial charge in [0.25, 0.3) is 0 Å². The molecule has 25 heavy (non-hydrogen) atoms. The van der Waals surface area contributed by atoms with Gasteiger partial charge in [-0.3, -0.25) is 4.99 Å². The molecule has 0 aliphatic rings. The zero-order chi connectivity index (χ0) is 18.2. The quantitative estimate of drug-likeness (QED) is 0.558. The zero-order valence-electron chi connectivity index (χ0n) is 15.3. The van der Waals surface area contributed by atoms with Gasteiger partial charge >= 0.3 is 0 Å². The number of nitrogens with one attached hydrogen (secondary N) is 2. The topological polar surface area (TPSA) is 65.9 Å². The number of hydrogen-bond donors (Lipinski definition) is 3. The van der Waals surface area contributed by atoms with Crippen molar-refractivity contribution in [3.8, 4) is 11.5 Å². The van der Waals surface area contributed by atoms with Crippen molar-refractivity contribution in [1.82, 2.24) is 10.6 Å². The molecule has 0 bridgehead atoms. The van der Waals surface area contributed by atoms with Crippen LogP contribution in [0.5, 0.6) is 11.5 Å². The zero-order valence-corrected chi connectivity index (χ0v) is 15.3. The van der Waals surface area contributed by atoms with Crippen LogP contribution in [0.3, 0.4) is 0 Å². The normalized spacial score (nSPS) is 12.6. The van der Waals surface area contributed by atoms with Crippen molar-refractivity contribution < 1.29 is 9.84 Å². The van der Waals surface area contributed by atoms with Gasteiger partial charge < -0.3 is 20.5 Å². The number of phenols is 1. The van der Waals surface area contributed by atoms with E-state index in [-0.39, 0.29) is 5.75 Å². The van der Waals surface area contributed by atoms with Crippen LogP contribution in [-0.2, 0) is 6.54 Å². The van der Waals surface area contributed by atoms with Crippen molar-refractivity contribution in [1.29, 1.82) is 0 Å². The lowest BCUT2D eigenvalue weighted by Gasteiger charge is -2.17. The van der Waals surface area contributed by atoms with Gasteiger partial charge in [0.05, 0.1) is 7.11 Å². The van der Waals surface area contributed by atoms with Gasteiger partial charge in [0, 0.05) is 25.7 Å². The summed E-state index contributed by atoms with van der Waals surface area (Å²) in [6.45, 7) is 5.52. The fraction of sp³-hybridized carbons (Fsp3) is 0.350. The smallest absolute Gasteiger partial charge is 0.191 e. The van der Waals surface area contributed by atoms with E-state index in [0.29, 0.717) is 24.2 Å². The van der Waals surface area contributed by atoms with E-state index in [1.807, 2.05) is 6.07 Å². The molecule has 0 aromatic heterocycles. The Balaban J connectivity index is 1.91. The third-order valence-corrected chi connectivity index (χ3v) is 4.14. The van der Waals surface area contributed by atoms with Crippen LogP contribution in [0.25, 0.3) is 0 Å². The molecule has 2 rings (SSSR count). The monoisotopic (exact) mass is 341 g/mol. The summed E-state index contributed by atoms with van der Waals surface area (Å²) in [6, 6.07) is 13.7. The molecule has 0 amide bonds. The summed E-state index contributed by atoms with van der Waals surface area (Å²) >= 11 is 0. The van der Waals surface area contributed by atoms with Crippen LogP contribution in [-0.4, -0.2) is 31.8 Å². The van der Waals surface area contributed by atoms with Gasteiger partial charge in [-0.15, -0.1) is 0 Å². The van der Waals surface area contributed by atoms with Gasteiger partial charge in [0.1, 0.15) is 11.5 Å². The van der Waals surface area contributed by atoms with E-state index in [4.69, 9.17) is 4.74 Å². The number of nitrogens with zero attached hydrogens (tertiary/aromatic N) is 1. The van der Waals surface area contributed by atoms with Gasteiger partial charge in [0.2, 0.25) is 0 Å². The van der Waals surface area contributed by atoms with Crippen molar-refractivity contribution in [3.05, 3.63) is 59.2 Å². The number of rotatable bonds is 6. The van der Waals surface area contributed by atoms with Crippen molar-refractivity contribution >= 4 is 5.96 Å². The lowest BCUT2D eigenvalue weighted by molar-refractivity contribution is 0.410. The Morgan fingerprint density at radius 3 is 2.68 bits per heavy atom. The van der Waals surface area contributed by atoms with Crippen LogP contribution in [0.15, 0.2) is 47.5 Å². The number of benzene rings is 2. The Labute approximate surface area is 149 Å². The third-order valence-electron chi connectivity index (χ3n) is 4.14. The Kier molecular flexibility index (Phi) is 6.69. The van der Waals surface area contributed by atoms with E-state index in [1.165, 1.54) is 11.1 Å². The number of hydrogen-bond acceptors (Lipinski definition) is 3. The molecule has 5 nitrogen and oxygen atoms in total. The minimum Gasteiger partial charge on any atom is -0.508 e. The number of guanidine groups is 1. The van der Waals surface area contributed by atoms with Crippen LogP contribution in [0.1, 0.15) is 29.5 Å². The van der Waals surface area contributed by atoms with Crippen molar-refractivity contribution in [2.75, 3.05) is 20.7 Å². The number of aryl methyl sites for hydroxylation is 1. The fourth-order valence-electron chi connectivity index (χ4n) is 2.57. The second-order valence-electron chi connectivity index (χ2n) is 6.12. The van der Waals surface area contributed by atoms with Crippen molar-refractivity contribution in [3.63, 3.8) is 0 Å². The molecular formula is C20H27N3O2. The van der Waals surface area contributed by atoms with Crippen LogP contribution < -0.4 is 15.4 Å². The van der Waals surface area contributed by atoms with E-state index in [2.05, 4.69) is 53.7 Å². The van der Waals surface area contributed by atoms with Gasteiger partial charge in [-0.05, 0) is 36.6 Å². The molecule has 2 aromatic rings. The molecule has 134 valence electrons. The summed E-state index contributed by atoms with van der Waals surface area (Å²) in [7, 11) is 3.34. The predicted molar refractivity (Wildman–Crippen MR) is 102 cm³/mol. The first-order valence-corrected chi connectivity index (χ1v) is 8.40. The molecule has 5 heteroatoms. The standard InChI is InChI=1S/C20H27N3O2/c1-14-6-5-7-16(10-14)15(2)12-22-20(21-3)23-13-17-11-18(25-4)8-9-19(17)24/h5-11,15,24H,12-13H2,1-4H3,(H2,21,22,23). The molecular weight excluding hydrogens is 314 g/mol. The number of aliphatic imine (C=N–C) groups is 1. The molecule has 0 spiro atoms. The summed E-state index contributed by atoms with van der Waals surface area (Å²) in [6.07, 6.45) is 0. The minimum atomic E-state index is 0.233. The lowest BCUT2D eigenvalue weighted by Crippen LogP contribution is -2.38. The average molecular weight is 341 g/mol. The number of phenolic OH excluding ortho intramolecular Hbond substituents is 1. The Morgan fingerprint density at radius 2 is 2.00 bits per heavy atom. The highest BCUT2D eigenvalue weighted by molar-refractivity contribution is 5.79. The number of aromatic hydroxyl groups is 1. The Hall–Kier alpha value is -2.69. The van der Waals surface area contributed by atoms with Gasteiger partial charge in [0.15, 0.2) is 5.96 Å². The average Bonchev–Trinajstić information content (AvgIpc) is 2.62. The lowest BCUT2D eigenvalue weighted by atomic mass is 9.99. The Morgan fingerprint density at radius 1 is 1.20 bits per heavy atom. The maximum Gasteiger partial charge on any atom is 0.191 e. The summed E-state index contributed by atoms with van der Waals surface area (Å²) in [5.41, 5.74) is 3.32. The summed E-state index contributed by atoms with van der Waals surface area (Å²) < 4.78 is 5.20. The number of methoxy groups -OCH3 is 1. The first kappa shape index (κ1) is 18.6. The predicted octanol–water partition coefficient (Wildman–Crippen LogP) is 3.18. The van der Waals surface area contributed by atoms with E-state index >= 15 is 0 Å². The maximum atomic E-state index is 9.95. The van der Waals surface area contributed by atoms with Crippen LogP contribution in [0.4, 0.5) is 0 Å². The van der Waals surface area contributed by atoms with Crippen molar-refractivity contribution in [2.45, 2.75) is 26.3 Å². The van der Waals surface area contributed by atoms with Crippen LogP contribution in [0, 0.1) is 6.92 Å². The first-order chi connectivity index (χ1) is 12.0. The van der Waals surface area contributed by atoms with Gasteiger partial charge in [-0.2, -0.15) is 0 Å². The largest absolute Gasteiger partial charge is 0.508 e. The molecule has 1 atom stereocenters. The summed E-state index contributed by atoms with van der Waals surface area (Å²) in [5, 5.41) is 16.5. The molecule has 3 N–H and O–H groups in total. The van der Waals surface area contributed by atoms with E-state index in [1.54, 1.807) is 26.3 Å². The van der Waals surface area contributed by atoms with Crippen LogP contribution in [0.2, 0.25) is 0 Å². The molecule has 2 aromatic carbocycles. The molecule has 1 unspecified atom stereocenters. The molecule has 0 heterocycles. The van der Waals surface area contributed by atoms with E-state index in [9.17, 15) is 5.11 Å². The minimum absolute atomic E-state index is 0.233. The van der Waals surface area contributed by atoms with Gasteiger partial charge in [-0.25, -0.2) is 0 Å². The maximum absolute atomic E-state index is 9.95. The molecule has 0 saturated carbocycles. The SMILES string of the molecule is CN=C(NCc1cc(OC)ccc1O)NCC(C)c1cccc(C)c1. The fourth-order valence-corrected chi connectivity index (χ4v) is 2.57. The van der Waals surface area contributed by atoms with E-state index in [0.717, 1.165) is 12.1 Å². The second-order valence-corrected chi connectivity index (χ2v) is 6.12. The van der Waals surface area contributed by atoms with Gasteiger partial charge in [-0.1, -0.05) is 36.8 Å². The van der Waals surface area contributed by atoms with E-state index < -0.39 is 0 Å². The highest BCUT2D eigenvalue weighted by atomic mass is 16.5. The third kappa shape index (κ3) is 5.41. The van der Waals surface area contributed by atoms with Crippen LogP contribution >= 0.6 is 0 Å². The highest BCUT2D eigenvalue weighted by Gasteiger charge is 2.08. The number of ether oxygens (including phenoxy) is 1. The molecule has 0 fully saturated rings. The molecule has 0 aliphatic carbocycles.